The van der Waals surface area contributed by atoms with E-state index in [0.29, 0.717) is 0 Å². The van der Waals surface area contributed by atoms with E-state index < -0.39 is 0 Å². The fourth-order valence-corrected chi connectivity index (χ4v) is 8.65. The summed E-state index contributed by atoms with van der Waals surface area (Å²) < 4.78 is 0. The summed E-state index contributed by atoms with van der Waals surface area (Å²) >= 11 is 0. The summed E-state index contributed by atoms with van der Waals surface area (Å²) in [6.45, 7) is 11.4. The molecular weight excluding hydrogens is 675 g/mol. The van der Waals surface area contributed by atoms with Gasteiger partial charge in [-0.15, -0.1) is 0 Å². The van der Waals surface area contributed by atoms with E-state index >= 15 is 0 Å². The van der Waals surface area contributed by atoms with Crippen molar-refractivity contribution in [3.8, 4) is 11.1 Å². The molecular formula is C53H43BN2. The van der Waals surface area contributed by atoms with Gasteiger partial charge in [-0.05, 0) is 85.3 Å². The van der Waals surface area contributed by atoms with E-state index in [-0.39, 0.29) is 6.71 Å². The number of hydrogen-bond acceptors (Lipinski definition) is 2. The molecule has 0 N–H and O–H groups in total. The van der Waals surface area contributed by atoms with Gasteiger partial charge in [0.1, 0.15) is 0 Å². The van der Waals surface area contributed by atoms with Gasteiger partial charge >= 0.3 is 0 Å². The summed E-state index contributed by atoms with van der Waals surface area (Å²) in [6.07, 6.45) is 2.21. The Hall–Kier alpha value is -6.84. The van der Waals surface area contributed by atoms with Crippen molar-refractivity contribution < 1.29 is 0 Å². The maximum absolute atomic E-state index is 4.62. The molecule has 0 bridgehead atoms. The molecule has 0 saturated heterocycles. The SMILES string of the molecule is C=C1/C=C(\C)c2ccccc2N(c2cccc3c(-c4ccc(B(c5ccccc5)c5ccccc5C)c(C)c4)cccc23)c2ccccc2N1c1ccccc1. The third-order valence-electron chi connectivity index (χ3n) is 11.3. The predicted molar refractivity (Wildman–Crippen MR) is 242 cm³/mol. The van der Waals surface area contributed by atoms with Crippen molar-refractivity contribution in [1.82, 2.24) is 0 Å². The van der Waals surface area contributed by atoms with Crippen LogP contribution >= 0.6 is 0 Å². The zero-order valence-electron chi connectivity index (χ0n) is 32.2. The van der Waals surface area contributed by atoms with E-state index in [0.717, 1.165) is 39.7 Å². The molecule has 0 amide bonds. The summed E-state index contributed by atoms with van der Waals surface area (Å²) in [6, 6.07) is 68.2. The number of hydrogen-bond donors (Lipinski definition) is 0. The number of benzene rings is 8. The number of rotatable bonds is 6. The zero-order chi connectivity index (χ0) is 38.2. The summed E-state index contributed by atoms with van der Waals surface area (Å²) in [5, 5.41) is 2.39. The molecule has 268 valence electrons. The lowest BCUT2D eigenvalue weighted by atomic mass is 9.35. The number of anilines is 5. The molecule has 0 saturated carbocycles. The molecule has 3 heteroatoms. The second kappa shape index (κ2) is 14.8. The number of nitrogens with zero attached hydrogens (tertiary/aromatic N) is 2. The molecule has 1 aliphatic heterocycles. The van der Waals surface area contributed by atoms with E-state index in [1.165, 1.54) is 55.0 Å². The molecule has 2 nitrogen and oxygen atoms in total. The third-order valence-corrected chi connectivity index (χ3v) is 11.3. The van der Waals surface area contributed by atoms with E-state index in [9.17, 15) is 0 Å². The number of aryl methyl sites for hydroxylation is 2. The molecule has 56 heavy (non-hydrogen) atoms. The lowest BCUT2D eigenvalue weighted by molar-refractivity contribution is 1.20. The Bertz CT molecular complexity index is 2770. The van der Waals surface area contributed by atoms with Crippen molar-refractivity contribution in [1.29, 1.82) is 0 Å². The molecule has 0 atom stereocenters. The van der Waals surface area contributed by atoms with Gasteiger partial charge in [-0.25, -0.2) is 0 Å². The van der Waals surface area contributed by atoms with Gasteiger partial charge < -0.3 is 9.80 Å². The van der Waals surface area contributed by atoms with Crippen LogP contribution in [0.2, 0.25) is 0 Å². The second-order valence-corrected chi connectivity index (χ2v) is 14.8. The van der Waals surface area contributed by atoms with Crippen molar-refractivity contribution in [2.45, 2.75) is 20.8 Å². The Morgan fingerprint density at radius 1 is 0.429 bits per heavy atom. The fourth-order valence-electron chi connectivity index (χ4n) is 8.65. The van der Waals surface area contributed by atoms with E-state index in [1.807, 2.05) is 0 Å². The fraction of sp³-hybridized carbons (Fsp3) is 0.0566. The second-order valence-electron chi connectivity index (χ2n) is 14.8. The smallest absolute Gasteiger partial charge is 0.241 e. The Morgan fingerprint density at radius 3 is 1.75 bits per heavy atom. The third kappa shape index (κ3) is 6.22. The Labute approximate surface area is 331 Å². The molecule has 0 aromatic heterocycles. The molecule has 0 fully saturated rings. The van der Waals surface area contributed by atoms with Crippen LogP contribution in [0, 0.1) is 13.8 Å². The summed E-state index contributed by atoms with van der Waals surface area (Å²) in [5.41, 5.74) is 17.7. The average molecular weight is 719 g/mol. The Morgan fingerprint density at radius 2 is 1.00 bits per heavy atom. The highest BCUT2D eigenvalue weighted by Crippen LogP contribution is 2.49. The molecule has 1 aliphatic rings. The van der Waals surface area contributed by atoms with Crippen LogP contribution in [0.25, 0.3) is 27.5 Å². The molecule has 1 heterocycles. The molecule has 0 radical (unpaired) electrons. The first-order valence-electron chi connectivity index (χ1n) is 19.4. The molecule has 0 unspecified atom stereocenters. The topological polar surface area (TPSA) is 6.48 Å². The highest BCUT2D eigenvalue weighted by molar-refractivity contribution is 6.96. The standard InChI is InChI=1S/C53H43BN2/c1-37-19-11-13-28-48(37)54(42-20-7-5-8-21-42)49-34-33-41(36-39(49)3)45-25-17-27-47-46(45)26-18-32-51(47)56-50-29-14-12-24-44(50)38(2)35-40(4)55(43-22-9-6-10-23-43)52-30-15-16-31-53(52)56/h5-36H,4H2,1-3H3/b38-35+. The highest BCUT2D eigenvalue weighted by Gasteiger charge is 2.28. The lowest BCUT2D eigenvalue weighted by Crippen LogP contribution is -2.53. The summed E-state index contributed by atoms with van der Waals surface area (Å²) in [7, 11) is 0. The minimum atomic E-state index is 0.144. The van der Waals surface area contributed by atoms with Gasteiger partial charge in [-0.2, -0.15) is 0 Å². The van der Waals surface area contributed by atoms with Crippen LogP contribution in [0.4, 0.5) is 28.4 Å². The van der Waals surface area contributed by atoms with Crippen molar-refractivity contribution in [3.63, 3.8) is 0 Å². The minimum absolute atomic E-state index is 0.144. The maximum Gasteiger partial charge on any atom is 0.241 e. The van der Waals surface area contributed by atoms with E-state index in [4.69, 9.17) is 0 Å². The Balaban J connectivity index is 1.23. The summed E-state index contributed by atoms with van der Waals surface area (Å²) in [5.74, 6) is 0. The predicted octanol–water partition coefficient (Wildman–Crippen LogP) is 12.2. The molecule has 8 aromatic carbocycles. The molecule has 8 aromatic rings. The van der Waals surface area contributed by atoms with Crippen LogP contribution in [0.1, 0.15) is 23.6 Å². The van der Waals surface area contributed by atoms with Crippen molar-refractivity contribution in [2.24, 2.45) is 0 Å². The maximum atomic E-state index is 4.62. The zero-order valence-corrected chi connectivity index (χ0v) is 32.2. The van der Waals surface area contributed by atoms with Gasteiger partial charge in [0.25, 0.3) is 0 Å². The van der Waals surface area contributed by atoms with Crippen LogP contribution in [0.3, 0.4) is 0 Å². The Kier molecular flexibility index (Phi) is 9.21. The monoisotopic (exact) mass is 718 g/mol. The lowest BCUT2D eigenvalue weighted by Gasteiger charge is -2.33. The first-order chi connectivity index (χ1) is 27.5. The van der Waals surface area contributed by atoms with Gasteiger partial charge in [0, 0.05) is 22.3 Å². The number of allylic oxidation sites excluding steroid dienone is 2. The van der Waals surface area contributed by atoms with Gasteiger partial charge in [-0.3, -0.25) is 0 Å². The van der Waals surface area contributed by atoms with Crippen molar-refractivity contribution in [2.75, 3.05) is 9.80 Å². The van der Waals surface area contributed by atoms with Crippen molar-refractivity contribution >= 4 is 67.9 Å². The average Bonchev–Trinajstić information content (AvgIpc) is 3.27. The van der Waals surface area contributed by atoms with Crippen molar-refractivity contribution in [3.05, 3.63) is 223 Å². The van der Waals surface area contributed by atoms with Crippen LogP contribution in [0.15, 0.2) is 206 Å². The largest absolute Gasteiger partial charge is 0.309 e. The minimum Gasteiger partial charge on any atom is -0.309 e. The first kappa shape index (κ1) is 34.9. The van der Waals surface area contributed by atoms with Gasteiger partial charge in [0.2, 0.25) is 6.71 Å². The molecule has 0 spiro atoms. The number of fused-ring (bicyclic) bond motifs is 3. The van der Waals surface area contributed by atoms with E-state index in [1.54, 1.807) is 0 Å². The van der Waals surface area contributed by atoms with Crippen LogP contribution in [-0.4, -0.2) is 6.71 Å². The molecule has 0 aliphatic carbocycles. The van der Waals surface area contributed by atoms with Gasteiger partial charge in [0.05, 0.1) is 22.7 Å². The van der Waals surface area contributed by atoms with E-state index in [2.05, 4.69) is 231 Å². The van der Waals surface area contributed by atoms with Crippen LogP contribution in [-0.2, 0) is 0 Å². The normalized spacial score (nSPS) is 13.6. The summed E-state index contributed by atoms with van der Waals surface area (Å²) in [4.78, 5) is 4.72. The highest BCUT2D eigenvalue weighted by atomic mass is 15.2. The van der Waals surface area contributed by atoms with Gasteiger partial charge in [0.15, 0.2) is 0 Å². The quantitative estimate of drug-likeness (QED) is 0.158. The number of para-hydroxylation sites is 4. The van der Waals surface area contributed by atoms with Gasteiger partial charge in [-0.1, -0.05) is 186 Å². The molecule has 9 rings (SSSR count). The van der Waals surface area contributed by atoms with Crippen LogP contribution in [0.5, 0.6) is 0 Å². The van der Waals surface area contributed by atoms with Crippen LogP contribution < -0.4 is 26.2 Å². The first-order valence-corrected chi connectivity index (χ1v) is 19.4.